The van der Waals surface area contributed by atoms with Crippen LogP contribution in [0.25, 0.3) is 22.6 Å². The third-order valence-corrected chi connectivity index (χ3v) is 2.95. The standard InChI is InChI=1S/C15H12FN3/c1-10-14(11-5-4-8-17-9-11)19-15(18-10)12-6-2-3-7-13(12)16/h2-9H,1H3,(H,18,19). The number of hydrogen-bond acceptors (Lipinski definition) is 2. The molecular formula is C15H12FN3. The Kier molecular flexibility index (Phi) is 2.83. The third-order valence-electron chi connectivity index (χ3n) is 2.95. The van der Waals surface area contributed by atoms with Crippen LogP contribution in [0.2, 0.25) is 0 Å². The van der Waals surface area contributed by atoms with E-state index >= 15 is 0 Å². The van der Waals surface area contributed by atoms with Crippen molar-refractivity contribution in [2.45, 2.75) is 6.92 Å². The summed E-state index contributed by atoms with van der Waals surface area (Å²) in [6, 6.07) is 10.4. The number of benzene rings is 1. The van der Waals surface area contributed by atoms with Gasteiger partial charge in [0, 0.05) is 23.7 Å². The molecule has 3 rings (SSSR count). The highest BCUT2D eigenvalue weighted by atomic mass is 19.1. The van der Waals surface area contributed by atoms with Crippen LogP contribution in [-0.4, -0.2) is 15.0 Å². The van der Waals surface area contributed by atoms with Crippen LogP contribution in [-0.2, 0) is 0 Å². The van der Waals surface area contributed by atoms with Crippen molar-refractivity contribution in [3.8, 4) is 22.6 Å². The molecule has 0 radical (unpaired) electrons. The molecule has 94 valence electrons. The van der Waals surface area contributed by atoms with Crippen molar-refractivity contribution in [2.24, 2.45) is 0 Å². The van der Waals surface area contributed by atoms with Gasteiger partial charge < -0.3 is 4.98 Å². The Hall–Kier alpha value is -2.49. The van der Waals surface area contributed by atoms with Crippen molar-refractivity contribution >= 4 is 0 Å². The molecule has 2 aromatic heterocycles. The Morgan fingerprint density at radius 2 is 1.95 bits per heavy atom. The van der Waals surface area contributed by atoms with Gasteiger partial charge >= 0.3 is 0 Å². The van der Waals surface area contributed by atoms with Crippen molar-refractivity contribution < 1.29 is 4.39 Å². The number of H-pyrrole nitrogens is 1. The van der Waals surface area contributed by atoms with Gasteiger partial charge in [-0.05, 0) is 31.2 Å². The molecule has 0 aliphatic rings. The molecule has 1 N–H and O–H groups in total. The smallest absolute Gasteiger partial charge is 0.141 e. The summed E-state index contributed by atoms with van der Waals surface area (Å²) in [4.78, 5) is 11.7. The molecule has 0 atom stereocenters. The van der Waals surface area contributed by atoms with E-state index in [4.69, 9.17) is 0 Å². The minimum absolute atomic E-state index is 0.283. The Balaban J connectivity index is 2.10. The van der Waals surface area contributed by atoms with Crippen LogP contribution in [0, 0.1) is 12.7 Å². The van der Waals surface area contributed by atoms with Gasteiger partial charge in [0.1, 0.15) is 11.6 Å². The summed E-state index contributed by atoms with van der Waals surface area (Å²) in [5.74, 6) is 0.253. The van der Waals surface area contributed by atoms with E-state index < -0.39 is 0 Å². The highest BCUT2D eigenvalue weighted by molar-refractivity contribution is 5.66. The first-order valence-corrected chi connectivity index (χ1v) is 5.97. The lowest BCUT2D eigenvalue weighted by atomic mass is 10.2. The van der Waals surface area contributed by atoms with Gasteiger partial charge in [-0.2, -0.15) is 0 Å². The molecule has 0 aliphatic heterocycles. The van der Waals surface area contributed by atoms with Crippen molar-refractivity contribution in [1.29, 1.82) is 0 Å². The van der Waals surface area contributed by atoms with Gasteiger partial charge in [0.15, 0.2) is 0 Å². The molecule has 19 heavy (non-hydrogen) atoms. The second kappa shape index (κ2) is 4.65. The molecule has 3 aromatic rings. The summed E-state index contributed by atoms with van der Waals surface area (Å²) < 4.78 is 13.7. The highest BCUT2D eigenvalue weighted by Gasteiger charge is 2.12. The number of aromatic nitrogens is 3. The van der Waals surface area contributed by atoms with Crippen LogP contribution >= 0.6 is 0 Å². The van der Waals surface area contributed by atoms with E-state index in [0.717, 1.165) is 17.0 Å². The number of rotatable bonds is 2. The first-order valence-electron chi connectivity index (χ1n) is 5.97. The van der Waals surface area contributed by atoms with E-state index in [2.05, 4.69) is 15.0 Å². The number of hydrogen-bond donors (Lipinski definition) is 1. The Labute approximate surface area is 110 Å². The third kappa shape index (κ3) is 2.12. The minimum atomic E-state index is -0.283. The van der Waals surface area contributed by atoms with E-state index in [-0.39, 0.29) is 5.82 Å². The summed E-state index contributed by atoms with van der Waals surface area (Å²) in [5.41, 5.74) is 3.08. The summed E-state index contributed by atoms with van der Waals surface area (Å²) in [5, 5.41) is 0. The monoisotopic (exact) mass is 253 g/mol. The van der Waals surface area contributed by atoms with Gasteiger partial charge in [-0.15, -0.1) is 0 Å². The zero-order valence-electron chi connectivity index (χ0n) is 10.4. The van der Waals surface area contributed by atoms with Crippen LogP contribution in [0.5, 0.6) is 0 Å². The lowest BCUT2D eigenvalue weighted by molar-refractivity contribution is 0.630. The van der Waals surface area contributed by atoms with E-state index in [0.29, 0.717) is 11.4 Å². The van der Waals surface area contributed by atoms with E-state index in [1.165, 1.54) is 6.07 Å². The molecule has 4 heteroatoms. The van der Waals surface area contributed by atoms with Crippen LogP contribution in [0.1, 0.15) is 5.69 Å². The number of nitrogens with one attached hydrogen (secondary N) is 1. The molecule has 0 unspecified atom stereocenters. The highest BCUT2D eigenvalue weighted by Crippen LogP contribution is 2.26. The molecule has 1 aromatic carbocycles. The first-order chi connectivity index (χ1) is 9.25. The average Bonchev–Trinajstić information content (AvgIpc) is 2.82. The van der Waals surface area contributed by atoms with Gasteiger partial charge in [0.05, 0.1) is 11.3 Å². The molecule has 0 fully saturated rings. The molecule has 2 heterocycles. The predicted molar refractivity (Wildman–Crippen MR) is 71.9 cm³/mol. The summed E-state index contributed by atoms with van der Waals surface area (Å²) >= 11 is 0. The summed E-state index contributed by atoms with van der Waals surface area (Å²) in [7, 11) is 0. The number of imidazole rings is 1. The second-order valence-electron chi connectivity index (χ2n) is 4.28. The van der Waals surface area contributed by atoms with Crippen LogP contribution in [0.15, 0.2) is 48.8 Å². The fourth-order valence-corrected chi connectivity index (χ4v) is 2.03. The van der Waals surface area contributed by atoms with Gasteiger partial charge in [0.25, 0.3) is 0 Å². The lowest BCUT2D eigenvalue weighted by Gasteiger charge is -1.97. The van der Waals surface area contributed by atoms with E-state index in [1.54, 1.807) is 30.6 Å². The quantitative estimate of drug-likeness (QED) is 0.758. The average molecular weight is 253 g/mol. The lowest BCUT2D eigenvalue weighted by Crippen LogP contribution is -1.85. The molecule has 3 nitrogen and oxygen atoms in total. The van der Waals surface area contributed by atoms with Gasteiger partial charge in [-0.25, -0.2) is 9.37 Å². The van der Waals surface area contributed by atoms with Crippen LogP contribution in [0.4, 0.5) is 4.39 Å². The van der Waals surface area contributed by atoms with E-state index in [1.807, 2.05) is 19.1 Å². The zero-order chi connectivity index (χ0) is 13.2. The molecular weight excluding hydrogens is 241 g/mol. The number of halogens is 1. The zero-order valence-corrected chi connectivity index (χ0v) is 10.4. The number of nitrogens with zero attached hydrogens (tertiary/aromatic N) is 2. The largest absolute Gasteiger partial charge is 0.341 e. The van der Waals surface area contributed by atoms with Crippen LogP contribution in [0.3, 0.4) is 0 Å². The maximum Gasteiger partial charge on any atom is 0.141 e. The normalized spacial score (nSPS) is 10.6. The molecule has 0 saturated carbocycles. The molecule has 0 aliphatic carbocycles. The summed E-state index contributed by atoms with van der Waals surface area (Å²) in [6.45, 7) is 1.92. The van der Waals surface area contributed by atoms with E-state index in [9.17, 15) is 4.39 Å². The van der Waals surface area contributed by atoms with Gasteiger partial charge in [-0.1, -0.05) is 12.1 Å². The van der Waals surface area contributed by atoms with Crippen LogP contribution < -0.4 is 0 Å². The summed E-state index contributed by atoms with van der Waals surface area (Å²) in [6.07, 6.45) is 3.46. The maximum atomic E-state index is 13.7. The van der Waals surface area contributed by atoms with Gasteiger partial charge in [-0.3, -0.25) is 4.98 Å². The molecule has 0 bridgehead atoms. The number of aromatic amines is 1. The Bertz CT molecular complexity index is 704. The minimum Gasteiger partial charge on any atom is -0.341 e. The maximum absolute atomic E-state index is 13.7. The fourth-order valence-electron chi connectivity index (χ4n) is 2.03. The van der Waals surface area contributed by atoms with Crippen molar-refractivity contribution in [3.05, 3.63) is 60.3 Å². The second-order valence-corrected chi connectivity index (χ2v) is 4.28. The fraction of sp³-hybridized carbons (Fsp3) is 0.0667. The molecule has 0 spiro atoms. The topological polar surface area (TPSA) is 41.6 Å². The van der Waals surface area contributed by atoms with Crippen molar-refractivity contribution in [2.75, 3.05) is 0 Å². The predicted octanol–water partition coefficient (Wildman–Crippen LogP) is 3.59. The molecule has 0 amide bonds. The Morgan fingerprint density at radius 3 is 2.68 bits per heavy atom. The molecule has 0 saturated heterocycles. The van der Waals surface area contributed by atoms with Gasteiger partial charge in [0.2, 0.25) is 0 Å². The number of aryl methyl sites for hydroxylation is 1. The Morgan fingerprint density at radius 1 is 1.11 bits per heavy atom. The first kappa shape index (κ1) is 11.6. The SMILES string of the molecule is Cc1[nH]c(-c2ccccc2F)nc1-c1cccnc1. The number of pyridine rings is 1. The van der Waals surface area contributed by atoms with Crippen molar-refractivity contribution in [3.63, 3.8) is 0 Å². The van der Waals surface area contributed by atoms with Crippen molar-refractivity contribution in [1.82, 2.24) is 15.0 Å².